The number of aliphatic hydroxyl groups excluding tert-OH is 1. The monoisotopic (exact) mass is 233 g/mol. The average molecular weight is 233 g/mol. The largest absolute Gasteiger partial charge is 0.376 e. The van der Waals surface area contributed by atoms with E-state index in [1.165, 1.54) is 4.57 Å². The van der Waals surface area contributed by atoms with Crippen molar-refractivity contribution in [1.82, 2.24) is 14.5 Å². The van der Waals surface area contributed by atoms with Gasteiger partial charge in [0.15, 0.2) is 0 Å². The SMILES string of the molecule is CN[C@@H]1Cc2cccc3c2n(c(=O)n3CO)C1. The van der Waals surface area contributed by atoms with E-state index < -0.39 is 0 Å². The normalized spacial score (nSPS) is 18.8. The molecular formula is C12H15N3O2. The molecule has 2 heterocycles. The summed E-state index contributed by atoms with van der Waals surface area (Å²) in [4.78, 5) is 12.1. The van der Waals surface area contributed by atoms with Crippen LogP contribution in [0.25, 0.3) is 11.0 Å². The summed E-state index contributed by atoms with van der Waals surface area (Å²) in [5, 5.41) is 12.5. The molecule has 0 unspecified atom stereocenters. The van der Waals surface area contributed by atoms with Gasteiger partial charge in [-0.1, -0.05) is 12.1 Å². The average Bonchev–Trinajstić information content (AvgIpc) is 2.64. The van der Waals surface area contributed by atoms with Gasteiger partial charge in [0, 0.05) is 12.6 Å². The van der Waals surface area contributed by atoms with Crippen molar-refractivity contribution in [2.24, 2.45) is 0 Å². The molecule has 90 valence electrons. The van der Waals surface area contributed by atoms with Crippen molar-refractivity contribution in [2.45, 2.75) is 25.7 Å². The lowest BCUT2D eigenvalue weighted by molar-refractivity contribution is 0.209. The van der Waals surface area contributed by atoms with E-state index in [4.69, 9.17) is 0 Å². The predicted octanol–water partition coefficient (Wildman–Crippen LogP) is -0.103. The van der Waals surface area contributed by atoms with E-state index in [0.29, 0.717) is 6.54 Å². The second-order valence-electron chi connectivity index (χ2n) is 4.44. The van der Waals surface area contributed by atoms with Gasteiger partial charge in [-0.25, -0.2) is 4.79 Å². The zero-order valence-corrected chi connectivity index (χ0v) is 9.68. The van der Waals surface area contributed by atoms with Gasteiger partial charge in [0.05, 0.1) is 11.0 Å². The van der Waals surface area contributed by atoms with E-state index in [9.17, 15) is 9.90 Å². The van der Waals surface area contributed by atoms with Crippen LogP contribution in [0.3, 0.4) is 0 Å². The molecule has 1 aliphatic rings. The third kappa shape index (κ3) is 1.36. The molecule has 1 aromatic carbocycles. The standard InChI is InChI=1S/C12H15N3O2/c1-13-9-5-8-3-2-4-10-11(8)14(6-9)12(17)15(10)7-16/h2-4,9,13,16H,5-7H2,1H3/t9-/m1/s1. The Kier molecular flexibility index (Phi) is 2.31. The second kappa shape index (κ2) is 3.72. The fraction of sp³-hybridized carbons (Fsp3) is 0.417. The summed E-state index contributed by atoms with van der Waals surface area (Å²) in [7, 11) is 1.91. The van der Waals surface area contributed by atoms with Crippen LogP contribution in [0, 0.1) is 0 Å². The van der Waals surface area contributed by atoms with E-state index in [2.05, 4.69) is 5.32 Å². The number of hydrogen-bond acceptors (Lipinski definition) is 3. The molecule has 0 radical (unpaired) electrons. The van der Waals surface area contributed by atoms with Gasteiger partial charge in [-0.2, -0.15) is 0 Å². The van der Waals surface area contributed by atoms with E-state index in [1.54, 1.807) is 4.57 Å². The van der Waals surface area contributed by atoms with Gasteiger partial charge in [-0.3, -0.25) is 9.13 Å². The van der Waals surface area contributed by atoms with Gasteiger partial charge < -0.3 is 10.4 Å². The Morgan fingerprint density at radius 1 is 1.53 bits per heavy atom. The summed E-state index contributed by atoms with van der Waals surface area (Å²) >= 11 is 0. The van der Waals surface area contributed by atoms with Crippen molar-refractivity contribution in [3.8, 4) is 0 Å². The number of nitrogens with zero attached hydrogens (tertiary/aromatic N) is 2. The Labute approximate surface area is 98.3 Å². The minimum Gasteiger partial charge on any atom is -0.376 e. The van der Waals surface area contributed by atoms with Crippen molar-refractivity contribution in [3.63, 3.8) is 0 Å². The molecular weight excluding hydrogens is 218 g/mol. The number of nitrogens with one attached hydrogen (secondary N) is 1. The summed E-state index contributed by atoms with van der Waals surface area (Å²) in [5.41, 5.74) is 2.83. The van der Waals surface area contributed by atoms with Gasteiger partial charge in [0.1, 0.15) is 6.73 Å². The second-order valence-corrected chi connectivity index (χ2v) is 4.44. The number of para-hydroxylation sites is 1. The predicted molar refractivity (Wildman–Crippen MR) is 65.0 cm³/mol. The van der Waals surface area contributed by atoms with Crippen LogP contribution in [0.4, 0.5) is 0 Å². The number of rotatable bonds is 2. The first-order valence-corrected chi connectivity index (χ1v) is 5.75. The Balaban J connectivity index is 2.36. The number of benzene rings is 1. The third-order valence-electron chi connectivity index (χ3n) is 3.54. The first kappa shape index (κ1) is 10.6. The highest BCUT2D eigenvalue weighted by Crippen LogP contribution is 2.23. The van der Waals surface area contributed by atoms with Crippen LogP contribution in [0.1, 0.15) is 5.56 Å². The lowest BCUT2D eigenvalue weighted by Crippen LogP contribution is -2.39. The van der Waals surface area contributed by atoms with Gasteiger partial charge in [0.2, 0.25) is 0 Å². The fourth-order valence-corrected chi connectivity index (χ4v) is 2.67. The molecule has 3 rings (SSSR count). The highest BCUT2D eigenvalue weighted by molar-refractivity contribution is 5.80. The van der Waals surface area contributed by atoms with Crippen molar-refractivity contribution < 1.29 is 5.11 Å². The van der Waals surface area contributed by atoms with E-state index >= 15 is 0 Å². The molecule has 5 nitrogen and oxygen atoms in total. The molecule has 0 aliphatic carbocycles. The van der Waals surface area contributed by atoms with Crippen LogP contribution in [0.5, 0.6) is 0 Å². The van der Waals surface area contributed by atoms with Crippen LogP contribution in [-0.2, 0) is 19.7 Å². The topological polar surface area (TPSA) is 59.2 Å². The molecule has 1 aliphatic heterocycles. The van der Waals surface area contributed by atoms with Crippen molar-refractivity contribution >= 4 is 11.0 Å². The van der Waals surface area contributed by atoms with Crippen molar-refractivity contribution in [2.75, 3.05) is 7.05 Å². The minimum atomic E-state index is -0.268. The first-order chi connectivity index (χ1) is 8.26. The van der Waals surface area contributed by atoms with E-state index in [1.807, 2.05) is 25.2 Å². The third-order valence-corrected chi connectivity index (χ3v) is 3.54. The van der Waals surface area contributed by atoms with Gasteiger partial charge in [0.25, 0.3) is 0 Å². The maximum absolute atomic E-state index is 12.1. The summed E-state index contributed by atoms with van der Waals surface area (Å²) < 4.78 is 3.17. The number of aromatic nitrogens is 2. The minimum absolute atomic E-state index is 0.130. The number of imidazole rings is 1. The summed E-state index contributed by atoms with van der Waals surface area (Å²) in [5.74, 6) is 0. The molecule has 0 saturated carbocycles. The molecule has 0 spiro atoms. The van der Waals surface area contributed by atoms with Crippen LogP contribution in [-0.4, -0.2) is 27.3 Å². The molecule has 1 atom stereocenters. The van der Waals surface area contributed by atoms with Crippen LogP contribution >= 0.6 is 0 Å². The molecule has 2 N–H and O–H groups in total. The Morgan fingerprint density at radius 3 is 3.06 bits per heavy atom. The van der Waals surface area contributed by atoms with Gasteiger partial charge in [-0.05, 0) is 25.1 Å². The summed E-state index contributed by atoms with van der Waals surface area (Å²) in [6.45, 7) is 0.395. The smallest absolute Gasteiger partial charge is 0.331 e. The quantitative estimate of drug-likeness (QED) is 0.761. The lowest BCUT2D eigenvalue weighted by atomic mass is 10.0. The van der Waals surface area contributed by atoms with Gasteiger partial charge >= 0.3 is 5.69 Å². The Morgan fingerprint density at radius 2 is 2.35 bits per heavy atom. The van der Waals surface area contributed by atoms with Crippen LogP contribution < -0.4 is 11.0 Å². The first-order valence-electron chi connectivity index (χ1n) is 5.75. The fourth-order valence-electron chi connectivity index (χ4n) is 2.67. The van der Waals surface area contributed by atoms with Crippen molar-refractivity contribution in [1.29, 1.82) is 0 Å². The molecule has 0 fully saturated rings. The zero-order valence-electron chi connectivity index (χ0n) is 9.68. The Hall–Kier alpha value is -1.59. The maximum atomic E-state index is 12.1. The molecule has 0 bridgehead atoms. The summed E-state index contributed by atoms with van der Waals surface area (Å²) in [6, 6.07) is 6.14. The number of likely N-dealkylation sites (N-methyl/N-ethyl adjacent to an activating group) is 1. The molecule has 0 saturated heterocycles. The van der Waals surface area contributed by atoms with Gasteiger partial charge in [-0.15, -0.1) is 0 Å². The van der Waals surface area contributed by atoms with E-state index in [0.717, 1.165) is 23.0 Å². The highest BCUT2D eigenvalue weighted by Gasteiger charge is 2.23. The molecule has 0 amide bonds. The molecule has 2 aromatic rings. The molecule has 5 heteroatoms. The maximum Gasteiger partial charge on any atom is 0.331 e. The Bertz CT molecular complexity index is 626. The zero-order chi connectivity index (χ0) is 12.0. The van der Waals surface area contributed by atoms with Crippen molar-refractivity contribution in [3.05, 3.63) is 34.2 Å². The lowest BCUT2D eigenvalue weighted by Gasteiger charge is -2.22. The highest BCUT2D eigenvalue weighted by atomic mass is 16.3. The van der Waals surface area contributed by atoms with Crippen LogP contribution in [0.15, 0.2) is 23.0 Å². The van der Waals surface area contributed by atoms with E-state index in [-0.39, 0.29) is 18.5 Å². The number of aliphatic hydroxyl groups is 1. The molecule has 1 aromatic heterocycles. The van der Waals surface area contributed by atoms with Crippen LogP contribution in [0.2, 0.25) is 0 Å². The molecule has 17 heavy (non-hydrogen) atoms. The summed E-state index contributed by atoms with van der Waals surface area (Å²) in [6.07, 6.45) is 0.919. The number of hydrogen-bond donors (Lipinski definition) is 2.